The molecule has 0 atom stereocenters. The lowest BCUT2D eigenvalue weighted by Crippen LogP contribution is -2.14. The molecule has 160 valence electrons. The number of nitrogens with zero attached hydrogens (tertiary/aromatic N) is 6. The molecule has 0 saturated carbocycles. The van der Waals surface area contributed by atoms with Crippen LogP contribution >= 0.6 is 11.6 Å². The van der Waals surface area contributed by atoms with Gasteiger partial charge in [0.05, 0.1) is 24.6 Å². The summed E-state index contributed by atoms with van der Waals surface area (Å²) in [5.74, 6) is 0.303. The second-order valence-corrected chi connectivity index (χ2v) is 7.36. The highest BCUT2D eigenvalue weighted by molar-refractivity contribution is 6.30. The molecule has 0 saturated heterocycles. The standard InChI is InChI=1S/C21H22ClN7O2/c1-3-29-15(2)16(10-24-29)12-28-13-18(11-23-28)25-21(30)20-7-8-27(26-20)14-31-19-6-4-5-17(22)9-19/h4-11,13H,3,12,14H2,1-2H3,(H,25,30). The molecular formula is C21H22ClN7O2. The minimum absolute atomic E-state index is 0.163. The fraction of sp³-hybridized carbons (Fsp3) is 0.238. The maximum absolute atomic E-state index is 12.5. The largest absolute Gasteiger partial charge is 0.471 e. The van der Waals surface area contributed by atoms with Crippen molar-refractivity contribution < 1.29 is 9.53 Å². The zero-order valence-corrected chi connectivity index (χ0v) is 18.0. The first-order valence-corrected chi connectivity index (χ1v) is 10.2. The van der Waals surface area contributed by atoms with Gasteiger partial charge in [0.15, 0.2) is 12.4 Å². The lowest BCUT2D eigenvalue weighted by Gasteiger charge is -2.06. The third kappa shape index (κ3) is 4.95. The molecule has 0 radical (unpaired) electrons. The third-order valence-corrected chi connectivity index (χ3v) is 5.00. The lowest BCUT2D eigenvalue weighted by molar-refractivity contribution is 0.102. The molecule has 0 fully saturated rings. The predicted octanol–water partition coefficient (Wildman–Crippen LogP) is 3.59. The molecule has 1 aromatic carbocycles. The van der Waals surface area contributed by atoms with E-state index < -0.39 is 0 Å². The van der Waals surface area contributed by atoms with Gasteiger partial charge in [0.1, 0.15) is 5.75 Å². The Labute approximate surface area is 184 Å². The number of carbonyl (C=O) groups is 1. The van der Waals surface area contributed by atoms with Gasteiger partial charge in [-0.1, -0.05) is 17.7 Å². The molecule has 0 bridgehead atoms. The summed E-state index contributed by atoms with van der Waals surface area (Å²) in [6, 6.07) is 8.72. The molecule has 4 rings (SSSR count). The highest BCUT2D eigenvalue weighted by atomic mass is 35.5. The number of anilines is 1. The van der Waals surface area contributed by atoms with Crippen LogP contribution in [0.5, 0.6) is 5.75 Å². The number of aromatic nitrogens is 6. The van der Waals surface area contributed by atoms with Crippen LogP contribution in [-0.4, -0.2) is 35.2 Å². The van der Waals surface area contributed by atoms with Gasteiger partial charge in [-0.05, 0) is 38.1 Å². The Morgan fingerprint density at radius 1 is 1.19 bits per heavy atom. The molecule has 0 aliphatic carbocycles. The number of halogens is 1. The first kappa shape index (κ1) is 20.7. The Balaban J connectivity index is 1.34. The van der Waals surface area contributed by atoms with Crippen LogP contribution < -0.4 is 10.1 Å². The second-order valence-electron chi connectivity index (χ2n) is 6.92. The summed E-state index contributed by atoms with van der Waals surface area (Å²) in [7, 11) is 0. The Morgan fingerprint density at radius 2 is 2.06 bits per heavy atom. The fourth-order valence-corrected chi connectivity index (χ4v) is 3.28. The fourth-order valence-electron chi connectivity index (χ4n) is 3.10. The molecule has 3 aromatic heterocycles. The molecule has 0 spiro atoms. The van der Waals surface area contributed by atoms with Crippen LogP contribution in [0.15, 0.2) is 55.1 Å². The average Bonchev–Trinajstić information content (AvgIpc) is 3.48. The van der Waals surface area contributed by atoms with E-state index in [0.717, 1.165) is 17.8 Å². The molecule has 0 aliphatic heterocycles. The summed E-state index contributed by atoms with van der Waals surface area (Å²) in [6.45, 7) is 5.65. The molecule has 1 amide bonds. The van der Waals surface area contributed by atoms with Crippen molar-refractivity contribution >= 4 is 23.2 Å². The molecule has 31 heavy (non-hydrogen) atoms. The van der Waals surface area contributed by atoms with Crippen molar-refractivity contribution in [3.63, 3.8) is 0 Å². The zero-order chi connectivity index (χ0) is 21.8. The van der Waals surface area contributed by atoms with Crippen LogP contribution in [0.1, 0.15) is 28.7 Å². The molecule has 0 aliphatic rings. The van der Waals surface area contributed by atoms with E-state index in [1.807, 2.05) is 17.8 Å². The van der Waals surface area contributed by atoms with Crippen molar-refractivity contribution in [2.75, 3.05) is 5.32 Å². The Kier molecular flexibility index (Phi) is 6.03. The quantitative estimate of drug-likeness (QED) is 0.453. The van der Waals surface area contributed by atoms with Crippen molar-refractivity contribution in [1.82, 2.24) is 29.3 Å². The van der Waals surface area contributed by atoms with E-state index in [4.69, 9.17) is 16.3 Å². The van der Waals surface area contributed by atoms with Crippen molar-refractivity contribution in [3.05, 3.63) is 77.1 Å². The summed E-state index contributed by atoms with van der Waals surface area (Å²) in [5, 5.41) is 16.3. The first-order chi connectivity index (χ1) is 15.0. The molecule has 3 heterocycles. The summed E-state index contributed by atoms with van der Waals surface area (Å²) in [5.41, 5.74) is 3.06. The maximum Gasteiger partial charge on any atom is 0.276 e. The van der Waals surface area contributed by atoms with E-state index in [-0.39, 0.29) is 18.3 Å². The van der Waals surface area contributed by atoms with Crippen molar-refractivity contribution in [3.8, 4) is 5.75 Å². The summed E-state index contributed by atoms with van der Waals surface area (Å²) in [6.07, 6.45) is 6.91. The van der Waals surface area contributed by atoms with Gasteiger partial charge in [-0.2, -0.15) is 15.3 Å². The molecule has 0 unspecified atom stereocenters. The van der Waals surface area contributed by atoms with Gasteiger partial charge in [0.2, 0.25) is 0 Å². The monoisotopic (exact) mass is 439 g/mol. The Morgan fingerprint density at radius 3 is 2.84 bits per heavy atom. The number of ether oxygens (including phenoxy) is 1. The van der Waals surface area contributed by atoms with Crippen LogP contribution in [-0.2, 0) is 19.8 Å². The van der Waals surface area contributed by atoms with Crippen LogP contribution in [0.3, 0.4) is 0 Å². The van der Waals surface area contributed by atoms with Crippen LogP contribution in [0, 0.1) is 6.92 Å². The van der Waals surface area contributed by atoms with Gasteiger partial charge in [0, 0.05) is 35.2 Å². The Hall–Kier alpha value is -3.59. The molecule has 1 N–H and O–H groups in total. The van der Waals surface area contributed by atoms with Gasteiger partial charge in [0.25, 0.3) is 5.91 Å². The number of hydrogen-bond donors (Lipinski definition) is 1. The van der Waals surface area contributed by atoms with Crippen molar-refractivity contribution in [1.29, 1.82) is 0 Å². The van der Waals surface area contributed by atoms with E-state index in [9.17, 15) is 4.79 Å². The molecule has 9 nitrogen and oxygen atoms in total. The molecule has 4 aromatic rings. The van der Waals surface area contributed by atoms with Gasteiger partial charge in [-0.3, -0.25) is 14.2 Å². The number of carbonyl (C=O) groups excluding carboxylic acids is 1. The zero-order valence-electron chi connectivity index (χ0n) is 17.2. The molecular weight excluding hydrogens is 418 g/mol. The smallest absolute Gasteiger partial charge is 0.276 e. The van der Waals surface area contributed by atoms with Crippen LogP contribution in [0.25, 0.3) is 0 Å². The number of aryl methyl sites for hydroxylation is 1. The molecule has 10 heteroatoms. The van der Waals surface area contributed by atoms with Gasteiger partial charge in [-0.15, -0.1) is 0 Å². The highest BCUT2D eigenvalue weighted by Gasteiger charge is 2.12. The SMILES string of the molecule is CCn1ncc(Cn2cc(NC(=O)c3ccn(COc4cccc(Cl)c4)n3)cn2)c1C. The van der Waals surface area contributed by atoms with Gasteiger partial charge in [-0.25, -0.2) is 4.68 Å². The predicted molar refractivity (Wildman–Crippen MR) is 116 cm³/mol. The third-order valence-electron chi connectivity index (χ3n) is 4.76. The maximum atomic E-state index is 12.5. The number of benzene rings is 1. The van der Waals surface area contributed by atoms with Gasteiger partial charge >= 0.3 is 0 Å². The topological polar surface area (TPSA) is 91.8 Å². The van der Waals surface area contributed by atoms with E-state index >= 15 is 0 Å². The van der Waals surface area contributed by atoms with E-state index in [0.29, 0.717) is 23.0 Å². The van der Waals surface area contributed by atoms with Crippen LogP contribution in [0.4, 0.5) is 5.69 Å². The highest BCUT2D eigenvalue weighted by Crippen LogP contribution is 2.17. The second kappa shape index (κ2) is 9.05. The number of rotatable bonds is 8. The van der Waals surface area contributed by atoms with E-state index in [2.05, 4.69) is 27.5 Å². The van der Waals surface area contributed by atoms with Gasteiger partial charge < -0.3 is 10.1 Å². The normalized spacial score (nSPS) is 10.9. The number of amides is 1. The van der Waals surface area contributed by atoms with Crippen molar-refractivity contribution in [2.45, 2.75) is 33.7 Å². The first-order valence-electron chi connectivity index (χ1n) is 9.78. The Bertz CT molecular complexity index is 1190. The average molecular weight is 440 g/mol. The van der Waals surface area contributed by atoms with E-state index in [1.165, 1.54) is 4.68 Å². The number of hydrogen-bond acceptors (Lipinski definition) is 5. The number of nitrogens with one attached hydrogen (secondary N) is 1. The summed E-state index contributed by atoms with van der Waals surface area (Å²) < 4.78 is 10.9. The summed E-state index contributed by atoms with van der Waals surface area (Å²) >= 11 is 5.95. The van der Waals surface area contributed by atoms with Crippen molar-refractivity contribution in [2.24, 2.45) is 0 Å². The van der Waals surface area contributed by atoms with E-state index in [1.54, 1.807) is 53.6 Å². The minimum Gasteiger partial charge on any atom is -0.471 e. The lowest BCUT2D eigenvalue weighted by atomic mass is 10.2. The minimum atomic E-state index is -0.323. The van der Waals surface area contributed by atoms with Crippen LogP contribution in [0.2, 0.25) is 5.02 Å². The summed E-state index contributed by atoms with van der Waals surface area (Å²) in [4.78, 5) is 12.5.